The molecule has 2 aromatic heterocycles. The van der Waals surface area contributed by atoms with Gasteiger partial charge in [-0.1, -0.05) is 24.3 Å². The van der Waals surface area contributed by atoms with Crippen LogP contribution in [0.2, 0.25) is 0 Å². The Morgan fingerprint density at radius 2 is 1.93 bits per heavy atom. The molecule has 1 aromatic carbocycles. The van der Waals surface area contributed by atoms with Gasteiger partial charge in [0.2, 0.25) is 5.88 Å². The topological polar surface area (TPSA) is 78.3 Å². The van der Waals surface area contributed by atoms with Gasteiger partial charge in [0.1, 0.15) is 12.2 Å². The second kappa shape index (κ2) is 9.84. The Balaban J connectivity index is 1.63. The molecule has 7 nitrogen and oxygen atoms in total. The Hall–Kier alpha value is -3.19. The Kier molecular flexibility index (Phi) is 6.97. The van der Waals surface area contributed by atoms with Gasteiger partial charge in [-0.3, -0.25) is 9.48 Å². The first-order chi connectivity index (χ1) is 14.1. The molecule has 0 saturated heterocycles. The zero-order chi connectivity index (χ0) is 20.6. The molecule has 3 rings (SSSR count). The third-order valence-corrected chi connectivity index (χ3v) is 4.42. The van der Waals surface area contributed by atoms with Gasteiger partial charge in [-0.2, -0.15) is 5.10 Å². The van der Waals surface area contributed by atoms with Gasteiger partial charge in [0.15, 0.2) is 0 Å². The van der Waals surface area contributed by atoms with Crippen molar-refractivity contribution in [1.29, 1.82) is 0 Å². The van der Waals surface area contributed by atoms with Crippen LogP contribution >= 0.6 is 0 Å². The van der Waals surface area contributed by atoms with E-state index in [-0.39, 0.29) is 5.91 Å². The SMILES string of the molecule is COCCOc1ncccc1C(=O)NCc1cccc(Cn2nc(C)cc2C)c1. The number of nitrogens with zero attached hydrogens (tertiary/aromatic N) is 3. The summed E-state index contributed by atoms with van der Waals surface area (Å²) in [6.45, 7) is 5.91. The van der Waals surface area contributed by atoms with Gasteiger partial charge in [0.25, 0.3) is 5.91 Å². The van der Waals surface area contributed by atoms with Crippen LogP contribution in [0, 0.1) is 13.8 Å². The zero-order valence-corrected chi connectivity index (χ0v) is 17.0. The lowest BCUT2D eigenvalue weighted by molar-refractivity contribution is 0.0941. The molecule has 0 atom stereocenters. The maximum atomic E-state index is 12.6. The van der Waals surface area contributed by atoms with E-state index >= 15 is 0 Å². The molecule has 0 bridgehead atoms. The second-order valence-corrected chi connectivity index (χ2v) is 6.78. The summed E-state index contributed by atoms with van der Waals surface area (Å²) in [4.78, 5) is 16.8. The predicted molar refractivity (Wildman–Crippen MR) is 110 cm³/mol. The fourth-order valence-corrected chi connectivity index (χ4v) is 3.02. The van der Waals surface area contributed by atoms with Crippen LogP contribution in [-0.4, -0.2) is 41.0 Å². The monoisotopic (exact) mass is 394 g/mol. The molecule has 0 aliphatic heterocycles. The van der Waals surface area contributed by atoms with Crippen molar-refractivity contribution in [1.82, 2.24) is 20.1 Å². The molecule has 0 radical (unpaired) electrons. The summed E-state index contributed by atoms with van der Waals surface area (Å²) >= 11 is 0. The zero-order valence-electron chi connectivity index (χ0n) is 17.0. The van der Waals surface area contributed by atoms with Gasteiger partial charge in [-0.15, -0.1) is 0 Å². The maximum absolute atomic E-state index is 12.6. The number of hydrogen-bond acceptors (Lipinski definition) is 5. The van der Waals surface area contributed by atoms with Crippen molar-refractivity contribution in [3.63, 3.8) is 0 Å². The highest BCUT2D eigenvalue weighted by Gasteiger charge is 2.13. The van der Waals surface area contributed by atoms with E-state index in [1.807, 2.05) is 30.7 Å². The number of nitrogens with one attached hydrogen (secondary N) is 1. The molecule has 0 aliphatic carbocycles. The lowest BCUT2D eigenvalue weighted by Crippen LogP contribution is -2.24. The van der Waals surface area contributed by atoms with Gasteiger partial charge < -0.3 is 14.8 Å². The van der Waals surface area contributed by atoms with E-state index < -0.39 is 0 Å². The van der Waals surface area contributed by atoms with E-state index in [0.717, 1.165) is 22.5 Å². The average Bonchev–Trinajstić information content (AvgIpc) is 3.03. The Labute approximate surface area is 170 Å². The number of ether oxygens (including phenoxy) is 2. The minimum Gasteiger partial charge on any atom is -0.475 e. The molecule has 0 saturated carbocycles. The summed E-state index contributed by atoms with van der Waals surface area (Å²) in [6.07, 6.45) is 1.60. The van der Waals surface area contributed by atoms with Crippen molar-refractivity contribution in [3.8, 4) is 5.88 Å². The molecule has 0 aliphatic rings. The van der Waals surface area contributed by atoms with E-state index in [4.69, 9.17) is 9.47 Å². The highest BCUT2D eigenvalue weighted by molar-refractivity contribution is 5.96. The second-order valence-electron chi connectivity index (χ2n) is 6.78. The smallest absolute Gasteiger partial charge is 0.257 e. The molecule has 3 aromatic rings. The molecule has 29 heavy (non-hydrogen) atoms. The normalized spacial score (nSPS) is 10.7. The van der Waals surface area contributed by atoms with Crippen LogP contribution in [0.15, 0.2) is 48.7 Å². The van der Waals surface area contributed by atoms with Crippen LogP contribution in [0.3, 0.4) is 0 Å². The van der Waals surface area contributed by atoms with Crippen LogP contribution in [0.1, 0.15) is 32.9 Å². The van der Waals surface area contributed by atoms with Crippen LogP contribution in [0.4, 0.5) is 0 Å². The van der Waals surface area contributed by atoms with Crippen LogP contribution in [0.5, 0.6) is 5.88 Å². The lowest BCUT2D eigenvalue weighted by Gasteiger charge is -2.11. The molecule has 1 amide bonds. The summed E-state index contributed by atoms with van der Waals surface area (Å²) in [5.74, 6) is 0.0785. The van der Waals surface area contributed by atoms with Gasteiger partial charge in [0.05, 0.1) is 18.8 Å². The van der Waals surface area contributed by atoms with Crippen molar-refractivity contribution in [2.24, 2.45) is 0 Å². The highest BCUT2D eigenvalue weighted by atomic mass is 16.5. The van der Waals surface area contributed by atoms with Gasteiger partial charge in [0, 0.05) is 25.5 Å². The molecule has 7 heteroatoms. The first kappa shape index (κ1) is 20.5. The molecular formula is C22H26N4O3. The average molecular weight is 394 g/mol. The van der Waals surface area contributed by atoms with Crippen molar-refractivity contribution >= 4 is 5.91 Å². The summed E-state index contributed by atoms with van der Waals surface area (Å²) in [5.41, 5.74) is 4.68. The third-order valence-electron chi connectivity index (χ3n) is 4.42. The van der Waals surface area contributed by atoms with Crippen molar-refractivity contribution in [2.75, 3.05) is 20.3 Å². The number of aryl methyl sites for hydroxylation is 2. The summed E-state index contributed by atoms with van der Waals surface area (Å²) < 4.78 is 12.5. The number of carbonyl (C=O) groups is 1. The first-order valence-corrected chi connectivity index (χ1v) is 9.50. The van der Waals surface area contributed by atoms with E-state index in [2.05, 4.69) is 33.6 Å². The Morgan fingerprint density at radius 3 is 2.69 bits per heavy atom. The highest BCUT2D eigenvalue weighted by Crippen LogP contribution is 2.15. The number of carbonyl (C=O) groups excluding carboxylic acids is 1. The number of hydrogen-bond donors (Lipinski definition) is 1. The minimum absolute atomic E-state index is 0.227. The molecule has 0 spiro atoms. The fraction of sp³-hybridized carbons (Fsp3) is 0.318. The number of benzene rings is 1. The van der Waals surface area contributed by atoms with E-state index in [1.54, 1.807) is 25.4 Å². The summed E-state index contributed by atoms with van der Waals surface area (Å²) in [7, 11) is 1.60. The number of pyridine rings is 1. The molecule has 152 valence electrons. The van der Waals surface area contributed by atoms with Crippen LogP contribution in [0.25, 0.3) is 0 Å². The first-order valence-electron chi connectivity index (χ1n) is 9.50. The summed E-state index contributed by atoms with van der Waals surface area (Å²) in [6, 6.07) is 13.6. The van der Waals surface area contributed by atoms with Crippen molar-refractivity contribution < 1.29 is 14.3 Å². The van der Waals surface area contributed by atoms with Gasteiger partial charge in [-0.25, -0.2) is 4.98 Å². The predicted octanol–water partition coefficient (Wildman–Crippen LogP) is 2.90. The van der Waals surface area contributed by atoms with Gasteiger partial charge >= 0.3 is 0 Å². The molecule has 0 unspecified atom stereocenters. The van der Waals surface area contributed by atoms with Crippen molar-refractivity contribution in [2.45, 2.75) is 26.9 Å². The Bertz CT molecular complexity index is 968. The molecule has 2 heterocycles. The van der Waals surface area contributed by atoms with E-state index in [1.165, 1.54) is 0 Å². The van der Waals surface area contributed by atoms with E-state index in [0.29, 0.717) is 37.7 Å². The van der Waals surface area contributed by atoms with E-state index in [9.17, 15) is 4.79 Å². The standard InChI is InChI=1S/C22H26N4O3/c1-16-12-17(2)26(25-16)15-19-7-4-6-18(13-19)14-24-21(27)20-8-5-9-23-22(20)29-11-10-28-3/h4-9,12-13H,10-11,14-15H2,1-3H3,(H,24,27). The Morgan fingerprint density at radius 1 is 1.10 bits per heavy atom. The number of amides is 1. The largest absolute Gasteiger partial charge is 0.475 e. The molecule has 1 N–H and O–H groups in total. The number of rotatable bonds is 9. The lowest BCUT2D eigenvalue weighted by atomic mass is 10.1. The summed E-state index contributed by atoms with van der Waals surface area (Å²) in [5, 5.41) is 7.45. The maximum Gasteiger partial charge on any atom is 0.257 e. The van der Waals surface area contributed by atoms with Crippen LogP contribution < -0.4 is 10.1 Å². The number of aromatic nitrogens is 3. The minimum atomic E-state index is -0.227. The third kappa shape index (κ3) is 5.65. The van der Waals surface area contributed by atoms with Gasteiger partial charge in [-0.05, 0) is 43.2 Å². The molecular weight excluding hydrogens is 368 g/mol. The fourth-order valence-electron chi connectivity index (χ4n) is 3.02. The molecule has 0 fully saturated rings. The quantitative estimate of drug-likeness (QED) is 0.565. The van der Waals surface area contributed by atoms with Crippen LogP contribution in [-0.2, 0) is 17.8 Å². The number of methoxy groups -OCH3 is 1. The van der Waals surface area contributed by atoms with Crippen molar-refractivity contribution in [3.05, 3.63) is 76.7 Å².